The Kier molecular flexibility index (Phi) is 11.1. The van der Waals surface area contributed by atoms with Gasteiger partial charge in [-0.3, -0.25) is 4.99 Å². The van der Waals surface area contributed by atoms with Gasteiger partial charge in [0.25, 0.3) is 0 Å². The summed E-state index contributed by atoms with van der Waals surface area (Å²) < 4.78 is 6.02. The van der Waals surface area contributed by atoms with Crippen molar-refractivity contribution in [2.24, 2.45) is 10.9 Å². The van der Waals surface area contributed by atoms with Crippen LogP contribution in [0.25, 0.3) is 0 Å². The Morgan fingerprint density at radius 3 is 2.56 bits per heavy atom. The number of aliphatic hydroxyl groups is 1. The summed E-state index contributed by atoms with van der Waals surface area (Å²) in [6.45, 7) is 10.8. The van der Waals surface area contributed by atoms with Crippen LogP contribution in [-0.2, 0) is 4.74 Å². The first-order chi connectivity index (χ1) is 13.2. The molecule has 0 aromatic rings. The summed E-state index contributed by atoms with van der Waals surface area (Å²) in [5, 5.41) is 16.4. The van der Waals surface area contributed by atoms with Crippen molar-refractivity contribution in [1.29, 1.82) is 0 Å². The molecule has 0 amide bonds. The molecule has 2 rings (SSSR count). The van der Waals surface area contributed by atoms with Crippen molar-refractivity contribution >= 4 is 5.96 Å². The van der Waals surface area contributed by atoms with Gasteiger partial charge < -0.3 is 25.4 Å². The number of hydrogen-bond donors (Lipinski definition) is 3. The van der Waals surface area contributed by atoms with Gasteiger partial charge in [-0.15, -0.1) is 0 Å². The van der Waals surface area contributed by atoms with Crippen LogP contribution in [0.3, 0.4) is 0 Å². The van der Waals surface area contributed by atoms with E-state index in [0.717, 1.165) is 83.4 Å². The van der Waals surface area contributed by atoms with Gasteiger partial charge in [0.1, 0.15) is 0 Å². The van der Waals surface area contributed by atoms with E-state index < -0.39 is 0 Å². The van der Waals surface area contributed by atoms with E-state index in [-0.39, 0.29) is 6.10 Å². The molecule has 0 aromatic heterocycles. The normalized spacial score (nSPS) is 21.5. The molecule has 6 heteroatoms. The Morgan fingerprint density at radius 2 is 1.89 bits per heavy atom. The average molecular weight is 383 g/mol. The highest BCUT2D eigenvalue weighted by Gasteiger charge is 2.25. The lowest BCUT2D eigenvalue weighted by Gasteiger charge is -2.29. The van der Waals surface area contributed by atoms with E-state index in [0.29, 0.717) is 6.10 Å². The molecule has 1 atom stereocenters. The predicted molar refractivity (Wildman–Crippen MR) is 112 cm³/mol. The van der Waals surface area contributed by atoms with Gasteiger partial charge in [-0.2, -0.15) is 0 Å². The minimum atomic E-state index is -0.0893. The topological polar surface area (TPSA) is 69.1 Å². The summed E-state index contributed by atoms with van der Waals surface area (Å²) in [4.78, 5) is 7.17. The molecule has 0 bridgehead atoms. The largest absolute Gasteiger partial charge is 0.393 e. The quantitative estimate of drug-likeness (QED) is 0.291. The van der Waals surface area contributed by atoms with Crippen molar-refractivity contribution in [3.05, 3.63) is 0 Å². The lowest BCUT2D eigenvalue weighted by atomic mass is 9.98. The highest BCUT2D eigenvalue weighted by atomic mass is 16.5. The molecule has 1 unspecified atom stereocenters. The fraction of sp³-hybridized carbons (Fsp3) is 0.952. The molecule has 1 saturated carbocycles. The maximum Gasteiger partial charge on any atom is 0.191 e. The van der Waals surface area contributed by atoms with Crippen LogP contribution in [0.5, 0.6) is 0 Å². The number of rotatable bonds is 11. The minimum Gasteiger partial charge on any atom is -0.393 e. The number of aliphatic imine (C=N–C) groups is 1. The van der Waals surface area contributed by atoms with Crippen LogP contribution in [0.1, 0.15) is 65.2 Å². The van der Waals surface area contributed by atoms with Crippen molar-refractivity contribution in [3.8, 4) is 0 Å². The van der Waals surface area contributed by atoms with Crippen LogP contribution in [0.2, 0.25) is 0 Å². The molecule has 2 fully saturated rings. The molecule has 0 spiro atoms. The van der Waals surface area contributed by atoms with Crippen molar-refractivity contribution in [3.63, 3.8) is 0 Å². The molecule has 0 radical (unpaired) electrons. The van der Waals surface area contributed by atoms with Crippen LogP contribution in [0, 0.1) is 5.92 Å². The molecule has 3 N–H and O–H groups in total. The van der Waals surface area contributed by atoms with Crippen LogP contribution >= 0.6 is 0 Å². The van der Waals surface area contributed by atoms with Crippen molar-refractivity contribution in [1.82, 2.24) is 15.5 Å². The van der Waals surface area contributed by atoms with E-state index in [1.165, 1.54) is 25.7 Å². The number of piperidine rings is 1. The number of guanidine groups is 1. The van der Waals surface area contributed by atoms with Gasteiger partial charge in [-0.1, -0.05) is 12.8 Å². The Labute approximate surface area is 166 Å². The van der Waals surface area contributed by atoms with Crippen LogP contribution < -0.4 is 10.6 Å². The molecule has 158 valence electrons. The van der Waals surface area contributed by atoms with Crippen LogP contribution in [0.4, 0.5) is 0 Å². The Morgan fingerprint density at radius 1 is 1.15 bits per heavy atom. The van der Waals surface area contributed by atoms with Crippen LogP contribution in [-0.4, -0.2) is 74.0 Å². The predicted octanol–water partition coefficient (Wildman–Crippen LogP) is 2.37. The first kappa shape index (κ1) is 22.4. The number of nitrogens with one attached hydrogen (secondary N) is 2. The van der Waals surface area contributed by atoms with Crippen molar-refractivity contribution in [2.75, 3.05) is 45.9 Å². The molecule has 2 aliphatic rings. The highest BCUT2D eigenvalue weighted by molar-refractivity contribution is 5.79. The zero-order valence-electron chi connectivity index (χ0n) is 17.6. The SMILES string of the molecule is CCNC(=NCCCN1CCC(O)CC1)NCCC(OCC)C1CCCC1. The monoisotopic (exact) mass is 382 g/mol. The number of nitrogens with zero attached hydrogens (tertiary/aromatic N) is 2. The van der Waals surface area contributed by atoms with E-state index in [1.54, 1.807) is 0 Å². The second kappa shape index (κ2) is 13.3. The fourth-order valence-corrected chi connectivity index (χ4v) is 4.30. The third-order valence-electron chi connectivity index (χ3n) is 5.83. The Hall–Kier alpha value is -0.850. The first-order valence-corrected chi connectivity index (χ1v) is 11.3. The van der Waals surface area contributed by atoms with Gasteiger partial charge in [0, 0.05) is 39.3 Å². The summed E-state index contributed by atoms with van der Waals surface area (Å²) in [5.41, 5.74) is 0. The van der Waals surface area contributed by atoms with Crippen molar-refractivity contribution < 1.29 is 9.84 Å². The molecule has 1 heterocycles. The summed E-state index contributed by atoms with van der Waals surface area (Å²) in [6, 6.07) is 0. The van der Waals surface area contributed by atoms with E-state index in [4.69, 9.17) is 9.73 Å². The van der Waals surface area contributed by atoms with Crippen molar-refractivity contribution in [2.45, 2.75) is 77.4 Å². The minimum absolute atomic E-state index is 0.0893. The molecule has 27 heavy (non-hydrogen) atoms. The maximum absolute atomic E-state index is 9.58. The van der Waals surface area contributed by atoms with Gasteiger partial charge in [0.05, 0.1) is 12.2 Å². The molecule has 1 saturated heterocycles. The zero-order chi connectivity index (χ0) is 19.3. The summed E-state index contributed by atoms with van der Waals surface area (Å²) in [6.07, 6.45) is 9.62. The van der Waals surface area contributed by atoms with Gasteiger partial charge in [0.15, 0.2) is 5.96 Å². The van der Waals surface area contributed by atoms with Crippen LogP contribution in [0.15, 0.2) is 4.99 Å². The standard InChI is InChI=1S/C21H42N4O2/c1-3-22-21(23-13-7-15-25-16-11-19(26)12-17-25)24-14-10-20(27-4-2)18-8-5-6-9-18/h18-20,26H,3-17H2,1-2H3,(H2,22,23,24). The lowest BCUT2D eigenvalue weighted by Crippen LogP contribution is -2.40. The molecule has 1 aliphatic carbocycles. The summed E-state index contributed by atoms with van der Waals surface area (Å²) in [5.74, 6) is 1.67. The molecule has 0 aromatic carbocycles. The van der Waals surface area contributed by atoms with E-state index >= 15 is 0 Å². The van der Waals surface area contributed by atoms with E-state index in [2.05, 4.69) is 29.4 Å². The zero-order valence-corrected chi connectivity index (χ0v) is 17.6. The highest BCUT2D eigenvalue weighted by Crippen LogP contribution is 2.30. The molecular weight excluding hydrogens is 340 g/mol. The smallest absolute Gasteiger partial charge is 0.191 e. The Balaban J connectivity index is 1.66. The summed E-state index contributed by atoms with van der Waals surface area (Å²) >= 11 is 0. The number of ether oxygens (including phenoxy) is 1. The lowest BCUT2D eigenvalue weighted by molar-refractivity contribution is 0.0169. The second-order valence-electron chi connectivity index (χ2n) is 7.94. The molecular formula is C21H42N4O2. The second-order valence-corrected chi connectivity index (χ2v) is 7.94. The van der Waals surface area contributed by atoms with E-state index in [1.807, 2.05) is 0 Å². The van der Waals surface area contributed by atoms with Gasteiger partial charge in [-0.25, -0.2) is 0 Å². The molecule has 1 aliphatic heterocycles. The maximum atomic E-state index is 9.58. The third kappa shape index (κ3) is 8.79. The first-order valence-electron chi connectivity index (χ1n) is 11.3. The number of hydrogen-bond acceptors (Lipinski definition) is 4. The fourth-order valence-electron chi connectivity index (χ4n) is 4.30. The number of aliphatic hydroxyl groups excluding tert-OH is 1. The average Bonchev–Trinajstić information content (AvgIpc) is 3.20. The van der Waals surface area contributed by atoms with Gasteiger partial charge in [0.2, 0.25) is 0 Å². The van der Waals surface area contributed by atoms with Gasteiger partial charge in [-0.05, 0) is 64.8 Å². The third-order valence-corrected chi connectivity index (χ3v) is 5.83. The number of likely N-dealkylation sites (tertiary alicyclic amines) is 1. The summed E-state index contributed by atoms with van der Waals surface area (Å²) in [7, 11) is 0. The molecule has 6 nitrogen and oxygen atoms in total. The Bertz CT molecular complexity index is 405. The van der Waals surface area contributed by atoms with E-state index in [9.17, 15) is 5.11 Å². The van der Waals surface area contributed by atoms with Gasteiger partial charge >= 0.3 is 0 Å².